The van der Waals surface area contributed by atoms with E-state index in [-0.39, 0.29) is 5.69 Å². The number of nitro groups is 1. The van der Waals surface area contributed by atoms with Crippen LogP contribution in [0.2, 0.25) is 0 Å². The Morgan fingerprint density at radius 3 is 2.88 bits per heavy atom. The highest BCUT2D eigenvalue weighted by Gasteiger charge is 2.10. The van der Waals surface area contributed by atoms with Gasteiger partial charge in [-0.25, -0.2) is 0 Å². The number of hydrogen-bond donors (Lipinski definition) is 0. The van der Waals surface area contributed by atoms with Gasteiger partial charge in [-0.1, -0.05) is 33.2 Å². The van der Waals surface area contributed by atoms with Crippen LogP contribution >= 0.6 is 15.9 Å². The Morgan fingerprint density at radius 1 is 1.44 bits per heavy atom. The summed E-state index contributed by atoms with van der Waals surface area (Å²) in [5.41, 5.74) is 1.31. The van der Waals surface area contributed by atoms with Crippen LogP contribution in [0, 0.1) is 10.1 Å². The van der Waals surface area contributed by atoms with Gasteiger partial charge in [-0.05, 0) is 0 Å². The number of nitro benzene ring substituents is 1. The van der Waals surface area contributed by atoms with Gasteiger partial charge in [0.25, 0.3) is 5.69 Å². The van der Waals surface area contributed by atoms with Gasteiger partial charge in [0, 0.05) is 23.8 Å². The van der Waals surface area contributed by atoms with Gasteiger partial charge in [0.05, 0.1) is 10.3 Å². The second-order valence-electron chi connectivity index (χ2n) is 3.12. The first-order chi connectivity index (χ1) is 7.70. The maximum atomic E-state index is 10.6. The lowest BCUT2D eigenvalue weighted by molar-refractivity contribution is -0.384. The van der Waals surface area contributed by atoms with Crippen molar-refractivity contribution in [3.05, 3.63) is 46.2 Å². The first-order valence-electron chi connectivity index (χ1n) is 4.47. The molecule has 0 N–H and O–H groups in total. The number of halogens is 1. The average Bonchev–Trinajstić information content (AvgIpc) is 2.77. The van der Waals surface area contributed by atoms with Crippen molar-refractivity contribution in [2.75, 3.05) is 0 Å². The summed E-state index contributed by atoms with van der Waals surface area (Å²) in [6.45, 7) is 0. The van der Waals surface area contributed by atoms with Crippen molar-refractivity contribution >= 4 is 21.6 Å². The van der Waals surface area contributed by atoms with Gasteiger partial charge in [0.2, 0.25) is 0 Å². The van der Waals surface area contributed by atoms with Gasteiger partial charge >= 0.3 is 0 Å². The summed E-state index contributed by atoms with van der Waals surface area (Å²) in [5, 5.41) is 15.0. The Kier molecular flexibility index (Phi) is 3.00. The summed E-state index contributed by atoms with van der Waals surface area (Å²) in [5.74, 6) is 0.682. The summed E-state index contributed by atoms with van der Waals surface area (Å²) in [6, 6.07) is 8.03. The van der Waals surface area contributed by atoms with Crippen LogP contribution in [0.15, 0.2) is 34.9 Å². The Labute approximate surface area is 99.3 Å². The highest BCUT2D eigenvalue weighted by molar-refractivity contribution is 9.08. The Balaban J connectivity index is 2.40. The van der Waals surface area contributed by atoms with E-state index >= 15 is 0 Å². The molecule has 82 valence electrons. The van der Waals surface area contributed by atoms with Gasteiger partial charge in [0.1, 0.15) is 11.5 Å². The minimum atomic E-state index is -0.436. The highest BCUT2D eigenvalue weighted by atomic mass is 79.9. The number of hydrogen-bond acceptors (Lipinski definition) is 4. The van der Waals surface area contributed by atoms with Crippen molar-refractivity contribution in [3.8, 4) is 11.3 Å². The smallest absolute Gasteiger partial charge is 0.270 e. The number of benzene rings is 1. The quantitative estimate of drug-likeness (QED) is 0.493. The van der Waals surface area contributed by atoms with Crippen LogP contribution in [0.4, 0.5) is 5.69 Å². The van der Waals surface area contributed by atoms with Crippen LogP contribution in [-0.4, -0.2) is 10.1 Å². The number of rotatable bonds is 3. The standard InChI is InChI=1S/C10H7BrN2O3/c11-6-9-5-10(12-16-9)7-2-1-3-8(4-7)13(14)15/h1-5H,6H2. The molecule has 0 spiro atoms. The molecule has 0 aliphatic heterocycles. The predicted octanol–water partition coefficient (Wildman–Crippen LogP) is 3.14. The molecule has 0 amide bonds. The summed E-state index contributed by atoms with van der Waals surface area (Å²) < 4.78 is 5.00. The van der Waals surface area contributed by atoms with Gasteiger partial charge in [-0.3, -0.25) is 10.1 Å². The number of nitrogens with zero attached hydrogens (tertiary/aromatic N) is 2. The van der Waals surface area contributed by atoms with Crippen molar-refractivity contribution < 1.29 is 9.45 Å². The molecule has 6 heteroatoms. The monoisotopic (exact) mass is 282 g/mol. The minimum Gasteiger partial charge on any atom is -0.360 e. The summed E-state index contributed by atoms with van der Waals surface area (Å²) in [6.07, 6.45) is 0. The molecule has 0 aliphatic rings. The fourth-order valence-electron chi connectivity index (χ4n) is 1.29. The van der Waals surface area contributed by atoms with Crippen molar-refractivity contribution in [2.24, 2.45) is 0 Å². The molecule has 1 aromatic heterocycles. The SMILES string of the molecule is O=[N+]([O-])c1cccc(-c2cc(CBr)on2)c1. The van der Waals surface area contributed by atoms with Crippen LogP contribution in [0.1, 0.15) is 5.76 Å². The highest BCUT2D eigenvalue weighted by Crippen LogP contribution is 2.23. The molecule has 0 saturated carbocycles. The van der Waals surface area contributed by atoms with E-state index in [4.69, 9.17) is 4.52 Å². The molecular formula is C10H7BrN2O3. The normalized spacial score (nSPS) is 10.3. The molecular weight excluding hydrogens is 276 g/mol. The van der Waals surface area contributed by atoms with Crippen LogP contribution < -0.4 is 0 Å². The number of aromatic nitrogens is 1. The number of non-ortho nitro benzene ring substituents is 1. The molecule has 0 unspecified atom stereocenters. The third-order valence-corrected chi connectivity index (χ3v) is 2.60. The zero-order valence-corrected chi connectivity index (χ0v) is 9.68. The molecule has 1 aromatic carbocycles. The molecule has 2 aromatic rings. The zero-order valence-electron chi connectivity index (χ0n) is 8.09. The van der Waals surface area contributed by atoms with Crippen LogP contribution in [-0.2, 0) is 5.33 Å². The van der Waals surface area contributed by atoms with Gasteiger partial charge in [0.15, 0.2) is 0 Å². The fourth-order valence-corrected chi connectivity index (χ4v) is 1.56. The first-order valence-corrected chi connectivity index (χ1v) is 5.59. The Morgan fingerprint density at radius 2 is 2.25 bits per heavy atom. The fraction of sp³-hybridized carbons (Fsp3) is 0.100. The Bertz CT molecular complexity index is 524. The lowest BCUT2D eigenvalue weighted by Crippen LogP contribution is -1.87. The topological polar surface area (TPSA) is 69.2 Å². The van der Waals surface area contributed by atoms with Gasteiger partial charge < -0.3 is 4.52 Å². The van der Waals surface area contributed by atoms with Crippen molar-refractivity contribution in [3.63, 3.8) is 0 Å². The maximum absolute atomic E-state index is 10.6. The van der Waals surface area contributed by atoms with E-state index in [1.165, 1.54) is 12.1 Å². The summed E-state index contributed by atoms with van der Waals surface area (Å²) in [4.78, 5) is 10.2. The second-order valence-corrected chi connectivity index (χ2v) is 3.68. The lowest BCUT2D eigenvalue weighted by Gasteiger charge is -1.94. The summed E-state index contributed by atoms with van der Waals surface area (Å²) >= 11 is 3.24. The van der Waals surface area contributed by atoms with E-state index in [2.05, 4.69) is 21.1 Å². The van der Waals surface area contributed by atoms with E-state index in [0.29, 0.717) is 22.3 Å². The average molecular weight is 283 g/mol. The molecule has 0 radical (unpaired) electrons. The lowest BCUT2D eigenvalue weighted by atomic mass is 10.1. The molecule has 5 nitrogen and oxygen atoms in total. The third-order valence-electron chi connectivity index (χ3n) is 2.04. The van der Waals surface area contributed by atoms with Crippen molar-refractivity contribution in [2.45, 2.75) is 5.33 Å². The molecule has 0 saturated heterocycles. The van der Waals surface area contributed by atoms with E-state index in [1.807, 2.05) is 0 Å². The van der Waals surface area contributed by atoms with Crippen molar-refractivity contribution in [1.82, 2.24) is 5.16 Å². The molecule has 0 aliphatic carbocycles. The molecule has 0 atom stereocenters. The molecule has 2 rings (SSSR count). The Hall–Kier alpha value is -1.69. The van der Waals surface area contributed by atoms with E-state index < -0.39 is 4.92 Å². The molecule has 0 bridgehead atoms. The maximum Gasteiger partial charge on any atom is 0.270 e. The second kappa shape index (κ2) is 4.44. The van der Waals surface area contributed by atoms with Gasteiger partial charge in [-0.2, -0.15) is 0 Å². The van der Waals surface area contributed by atoms with Crippen LogP contribution in [0.3, 0.4) is 0 Å². The van der Waals surface area contributed by atoms with Crippen LogP contribution in [0.25, 0.3) is 11.3 Å². The minimum absolute atomic E-state index is 0.0425. The third kappa shape index (κ3) is 2.11. The van der Waals surface area contributed by atoms with Crippen LogP contribution in [0.5, 0.6) is 0 Å². The zero-order chi connectivity index (χ0) is 11.5. The van der Waals surface area contributed by atoms with E-state index in [0.717, 1.165) is 0 Å². The van der Waals surface area contributed by atoms with Crippen molar-refractivity contribution in [1.29, 1.82) is 0 Å². The van der Waals surface area contributed by atoms with E-state index in [1.54, 1.807) is 18.2 Å². The molecule has 1 heterocycles. The largest absolute Gasteiger partial charge is 0.360 e. The molecule has 16 heavy (non-hydrogen) atoms. The first kappa shape index (κ1) is 10.8. The van der Waals surface area contributed by atoms with E-state index in [9.17, 15) is 10.1 Å². The predicted molar refractivity (Wildman–Crippen MR) is 61.2 cm³/mol. The molecule has 0 fully saturated rings. The van der Waals surface area contributed by atoms with Gasteiger partial charge in [-0.15, -0.1) is 0 Å². The summed E-state index contributed by atoms with van der Waals surface area (Å²) in [7, 11) is 0. The number of alkyl halides is 1.